The molecule has 0 amide bonds. The maximum absolute atomic E-state index is 5.74. The summed E-state index contributed by atoms with van der Waals surface area (Å²) in [5.41, 5.74) is 11.8. The highest BCUT2D eigenvalue weighted by molar-refractivity contribution is 9.10. The van der Waals surface area contributed by atoms with Gasteiger partial charge in [-0.05, 0) is 56.2 Å². The average molecular weight is 293 g/mol. The van der Waals surface area contributed by atoms with E-state index >= 15 is 0 Å². The molecule has 0 bridgehead atoms. The number of hydrogen-bond acceptors (Lipinski definition) is 1. The van der Waals surface area contributed by atoms with Gasteiger partial charge in [-0.25, -0.2) is 0 Å². The summed E-state index contributed by atoms with van der Waals surface area (Å²) in [6, 6.07) is 8.56. The molecule has 0 spiro atoms. The van der Waals surface area contributed by atoms with E-state index in [-0.39, 0.29) is 0 Å². The van der Waals surface area contributed by atoms with Gasteiger partial charge in [-0.1, -0.05) is 15.9 Å². The molecule has 2 rings (SSSR count). The van der Waals surface area contributed by atoms with E-state index < -0.39 is 0 Å². The normalized spacial score (nSPS) is 10.9. The lowest BCUT2D eigenvalue weighted by Crippen LogP contribution is -2.02. The minimum absolute atomic E-state index is 0.592. The van der Waals surface area contributed by atoms with Crippen LogP contribution < -0.4 is 5.73 Å². The van der Waals surface area contributed by atoms with Crippen LogP contribution in [-0.4, -0.2) is 4.57 Å². The Bertz CT molecular complexity index is 556. The number of hydrogen-bond donors (Lipinski definition) is 1. The van der Waals surface area contributed by atoms with Crippen LogP contribution in [0.5, 0.6) is 0 Å². The molecular weight excluding hydrogens is 276 g/mol. The zero-order chi connectivity index (χ0) is 12.6. The van der Waals surface area contributed by atoms with E-state index in [4.69, 9.17) is 5.73 Å². The third-order valence-electron chi connectivity index (χ3n) is 3.16. The lowest BCUT2D eigenvalue weighted by Gasteiger charge is -2.11. The third kappa shape index (κ3) is 2.17. The molecule has 2 aromatic rings. The molecule has 0 unspecified atom stereocenters. The molecule has 3 heteroatoms. The van der Waals surface area contributed by atoms with Crippen molar-refractivity contribution in [2.75, 3.05) is 0 Å². The molecular formula is C14H17BrN2. The van der Waals surface area contributed by atoms with E-state index in [1.54, 1.807) is 0 Å². The first-order valence-corrected chi connectivity index (χ1v) is 6.48. The minimum Gasteiger partial charge on any atom is -0.326 e. The summed E-state index contributed by atoms with van der Waals surface area (Å²) in [5.74, 6) is 0. The van der Waals surface area contributed by atoms with Crippen LogP contribution in [-0.2, 0) is 6.54 Å². The van der Waals surface area contributed by atoms with Crippen molar-refractivity contribution in [1.82, 2.24) is 4.57 Å². The molecule has 90 valence electrons. The molecule has 0 radical (unpaired) electrons. The van der Waals surface area contributed by atoms with Crippen LogP contribution in [0.4, 0.5) is 0 Å². The fourth-order valence-electron chi connectivity index (χ4n) is 2.20. The predicted octanol–water partition coefficient (Wildman–Crippen LogP) is 3.62. The number of benzene rings is 1. The van der Waals surface area contributed by atoms with Crippen molar-refractivity contribution in [1.29, 1.82) is 0 Å². The van der Waals surface area contributed by atoms with Crippen molar-refractivity contribution in [3.05, 3.63) is 51.3 Å². The Balaban J connectivity index is 2.60. The van der Waals surface area contributed by atoms with Crippen LogP contribution >= 0.6 is 15.9 Å². The number of nitrogens with two attached hydrogens (primary N) is 1. The van der Waals surface area contributed by atoms with E-state index in [9.17, 15) is 0 Å². The highest BCUT2D eigenvalue weighted by Crippen LogP contribution is 2.24. The first kappa shape index (κ1) is 12.4. The first-order valence-electron chi connectivity index (χ1n) is 5.69. The zero-order valence-electron chi connectivity index (χ0n) is 10.4. The van der Waals surface area contributed by atoms with Crippen LogP contribution in [0.2, 0.25) is 0 Å². The van der Waals surface area contributed by atoms with Crippen molar-refractivity contribution in [2.45, 2.75) is 27.3 Å². The van der Waals surface area contributed by atoms with Gasteiger partial charge in [-0.2, -0.15) is 0 Å². The third-order valence-corrected chi connectivity index (χ3v) is 4.05. The van der Waals surface area contributed by atoms with E-state index in [1.165, 1.54) is 28.2 Å². The van der Waals surface area contributed by atoms with Gasteiger partial charge in [0.15, 0.2) is 0 Å². The van der Waals surface area contributed by atoms with Crippen LogP contribution in [0, 0.1) is 20.8 Å². The second-order valence-electron chi connectivity index (χ2n) is 4.37. The van der Waals surface area contributed by atoms with E-state index in [0.29, 0.717) is 6.54 Å². The second-order valence-corrected chi connectivity index (χ2v) is 5.22. The second kappa shape index (κ2) is 4.67. The minimum atomic E-state index is 0.592. The Morgan fingerprint density at radius 3 is 2.41 bits per heavy atom. The molecule has 0 aliphatic carbocycles. The first-order chi connectivity index (χ1) is 8.04. The van der Waals surface area contributed by atoms with Crippen LogP contribution in [0.15, 0.2) is 28.7 Å². The number of rotatable bonds is 2. The summed E-state index contributed by atoms with van der Waals surface area (Å²) < 4.78 is 3.39. The SMILES string of the molecule is Cc1cc(-n2c(C)cc(CN)c2C)ccc1Br. The molecule has 0 saturated heterocycles. The lowest BCUT2D eigenvalue weighted by atomic mass is 10.2. The van der Waals surface area contributed by atoms with Gasteiger partial charge in [0.2, 0.25) is 0 Å². The number of halogens is 1. The summed E-state index contributed by atoms with van der Waals surface area (Å²) in [4.78, 5) is 0. The molecule has 0 aliphatic rings. The van der Waals surface area contributed by atoms with E-state index in [0.717, 1.165) is 4.47 Å². The molecule has 1 heterocycles. The van der Waals surface area contributed by atoms with Gasteiger partial charge in [-0.3, -0.25) is 0 Å². The smallest absolute Gasteiger partial charge is 0.0458 e. The van der Waals surface area contributed by atoms with Gasteiger partial charge in [0.05, 0.1) is 0 Å². The van der Waals surface area contributed by atoms with Gasteiger partial charge >= 0.3 is 0 Å². The Labute approximate surface area is 111 Å². The summed E-state index contributed by atoms with van der Waals surface area (Å²) in [7, 11) is 0. The van der Waals surface area contributed by atoms with Crippen LogP contribution in [0.3, 0.4) is 0 Å². The number of aromatic nitrogens is 1. The highest BCUT2D eigenvalue weighted by Gasteiger charge is 2.09. The molecule has 0 aliphatic heterocycles. The highest BCUT2D eigenvalue weighted by atomic mass is 79.9. The molecule has 0 saturated carbocycles. The standard InChI is InChI=1S/C14H17BrN2/c1-9-6-13(4-5-14(9)15)17-10(2)7-12(8-16)11(17)3/h4-7H,8,16H2,1-3H3. The van der Waals surface area contributed by atoms with Gasteiger partial charge in [0.25, 0.3) is 0 Å². The largest absolute Gasteiger partial charge is 0.326 e. The monoisotopic (exact) mass is 292 g/mol. The summed E-state index contributed by atoms with van der Waals surface area (Å²) >= 11 is 3.53. The number of nitrogens with zero attached hydrogens (tertiary/aromatic N) is 1. The molecule has 17 heavy (non-hydrogen) atoms. The van der Waals surface area contributed by atoms with Crippen LogP contribution in [0.1, 0.15) is 22.5 Å². The Morgan fingerprint density at radius 1 is 1.18 bits per heavy atom. The fourth-order valence-corrected chi connectivity index (χ4v) is 2.45. The molecule has 2 N–H and O–H groups in total. The van der Waals surface area contributed by atoms with E-state index in [1.807, 2.05) is 0 Å². The Morgan fingerprint density at radius 2 is 1.88 bits per heavy atom. The number of aryl methyl sites for hydroxylation is 2. The lowest BCUT2D eigenvalue weighted by molar-refractivity contribution is 0.941. The predicted molar refractivity (Wildman–Crippen MR) is 75.6 cm³/mol. The molecule has 1 aromatic carbocycles. The quantitative estimate of drug-likeness (QED) is 0.900. The summed E-state index contributed by atoms with van der Waals surface area (Å²) in [5, 5.41) is 0. The fraction of sp³-hybridized carbons (Fsp3) is 0.286. The van der Waals surface area contributed by atoms with Crippen molar-refractivity contribution < 1.29 is 0 Å². The molecule has 1 aromatic heterocycles. The van der Waals surface area contributed by atoms with Crippen LogP contribution in [0.25, 0.3) is 5.69 Å². The zero-order valence-corrected chi connectivity index (χ0v) is 12.0. The molecule has 0 atom stereocenters. The average Bonchev–Trinajstić information content (AvgIpc) is 2.58. The topological polar surface area (TPSA) is 30.9 Å². The van der Waals surface area contributed by atoms with Crippen molar-refractivity contribution in [3.63, 3.8) is 0 Å². The van der Waals surface area contributed by atoms with E-state index in [2.05, 4.69) is 65.5 Å². The molecule has 2 nitrogen and oxygen atoms in total. The van der Waals surface area contributed by atoms with Gasteiger partial charge in [0, 0.05) is 28.1 Å². The van der Waals surface area contributed by atoms with Crippen molar-refractivity contribution in [2.24, 2.45) is 5.73 Å². The maximum atomic E-state index is 5.74. The van der Waals surface area contributed by atoms with Gasteiger partial charge in [-0.15, -0.1) is 0 Å². The molecule has 0 fully saturated rings. The maximum Gasteiger partial charge on any atom is 0.0458 e. The summed E-state index contributed by atoms with van der Waals surface area (Å²) in [6.45, 7) is 6.93. The Kier molecular flexibility index (Phi) is 3.40. The van der Waals surface area contributed by atoms with Gasteiger partial charge < -0.3 is 10.3 Å². The van der Waals surface area contributed by atoms with Gasteiger partial charge in [0.1, 0.15) is 0 Å². The van der Waals surface area contributed by atoms with Crippen molar-refractivity contribution in [3.8, 4) is 5.69 Å². The summed E-state index contributed by atoms with van der Waals surface area (Å²) in [6.07, 6.45) is 0. The Hall–Kier alpha value is -1.06. The van der Waals surface area contributed by atoms with Crippen molar-refractivity contribution >= 4 is 15.9 Å².